The van der Waals surface area contributed by atoms with Crippen LogP contribution in [0.4, 0.5) is 5.88 Å². The standard InChI is InChI=1S/C18H22N2O5/c1-4-6-13-7-9-14(10-8-13)24-11-15(21)19-17-16(12(3)20-25-17)18(22)23-5-2/h7-10H,4-6,11H2,1-3H3,(H,19,21). The summed E-state index contributed by atoms with van der Waals surface area (Å²) in [6, 6.07) is 7.58. The molecular weight excluding hydrogens is 324 g/mol. The number of aryl methyl sites for hydroxylation is 2. The number of anilines is 1. The number of aromatic nitrogens is 1. The molecule has 2 rings (SSSR count). The van der Waals surface area contributed by atoms with Gasteiger partial charge in [-0.1, -0.05) is 30.6 Å². The average Bonchev–Trinajstić information content (AvgIpc) is 2.95. The molecule has 1 heterocycles. The maximum Gasteiger partial charge on any atom is 0.345 e. The normalized spacial score (nSPS) is 10.4. The summed E-state index contributed by atoms with van der Waals surface area (Å²) in [6.07, 6.45) is 2.07. The molecule has 0 aliphatic heterocycles. The largest absolute Gasteiger partial charge is 0.484 e. The highest BCUT2D eigenvalue weighted by Gasteiger charge is 2.23. The van der Waals surface area contributed by atoms with Gasteiger partial charge < -0.3 is 14.0 Å². The first-order valence-corrected chi connectivity index (χ1v) is 8.20. The number of hydrogen-bond donors (Lipinski definition) is 1. The second-order valence-electron chi connectivity index (χ2n) is 5.42. The molecule has 0 unspecified atom stereocenters. The second kappa shape index (κ2) is 8.86. The lowest BCUT2D eigenvalue weighted by Crippen LogP contribution is -2.21. The van der Waals surface area contributed by atoms with Gasteiger partial charge >= 0.3 is 5.97 Å². The lowest BCUT2D eigenvalue weighted by molar-refractivity contribution is -0.118. The SMILES string of the molecule is CCCc1ccc(OCC(=O)Nc2onc(C)c2C(=O)OCC)cc1. The zero-order valence-electron chi connectivity index (χ0n) is 14.6. The van der Waals surface area contributed by atoms with E-state index in [-0.39, 0.29) is 24.7 Å². The first kappa shape index (κ1) is 18.5. The molecule has 2 aromatic rings. The Bertz CT molecular complexity index is 722. The van der Waals surface area contributed by atoms with Gasteiger partial charge in [-0.15, -0.1) is 0 Å². The van der Waals surface area contributed by atoms with E-state index in [4.69, 9.17) is 14.0 Å². The molecule has 1 aromatic heterocycles. The molecule has 0 bridgehead atoms. The molecule has 0 aliphatic carbocycles. The molecule has 0 spiro atoms. The van der Waals surface area contributed by atoms with Crippen LogP contribution in [0.5, 0.6) is 5.75 Å². The molecule has 0 radical (unpaired) electrons. The minimum absolute atomic E-state index is 0.0390. The molecule has 0 aliphatic rings. The molecule has 1 aromatic carbocycles. The average molecular weight is 346 g/mol. The Kier molecular flexibility index (Phi) is 6.56. The molecule has 1 N–H and O–H groups in total. The maximum absolute atomic E-state index is 12.0. The number of rotatable bonds is 8. The van der Waals surface area contributed by atoms with E-state index < -0.39 is 11.9 Å². The number of nitrogens with zero attached hydrogens (tertiary/aromatic N) is 1. The molecule has 7 heteroatoms. The van der Waals surface area contributed by atoms with Gasteiger partial charge in [-0.05, 0) is 38.0 Å². The first-order chi connectivity index (χ1) is 12.0. The van der Waals surface area contributed by atoms with Crippen LogP contribution in [0.2, 0.25) is 0 Å². The molecule has 0 saturated heterocycles. The van der Waals surface area contributed by atoms with Gasteiger partial charge in [-0.3, -0.25) is 10.1 Å². The van der Waals surface area contributed by atoms with Gasteiger partial charge in [0, 0.05) is 0 Å². The van der Waals surface area contributed by atoms with Crippen LogP contribution in [0.25, 0.3) is 0 Å². The smallest absolute Gasteiger partial charge is 0.345 e. The molecule has 134 valence electrons. The molecule has 7 nitrogen and oxygen atoms in total. The van der Waals surface area contributed by atoms with Crippen molar-refractivity contribution in [3.63, 3.8) is 0 Å². The predicted molar refractivity (Wildman–Crippen MR) is 91.8 cm³/mol. The zero-order valence-corrected chi connectivity index (χ0v) is 14.6. The summed E-state index contributed by atoms with van der Waals surface area (Å²) in [5, 5.41) is 6.17. The lowest BCUT2D eigenvalue weighted by atomic mass is 10.1. The summed E-state index contributed by atoms with van der Waals surface area (Å²) in [6.45, 7) is 5.41. The van der Waals surface area contributed by atoms with Crippen LogP contribution in [0.15, 0.2) is 28.8 Å². The number of amides is 1. The predicted octanol–water partition coefficient (Wildman–Crippen LogP) is 3.13. The van der Waals surface area contributed by atoms with Crippen molar-refractivity contribution in [2.24, 2.45) is 0 Å². The Balaban J connectivity index is 1.93. The van der Waals surface area contributed by atoms with E-state index in [0.717, 1.165) is 12.8 Å². The summed E-state index contributed by atoms with van der Waals surface area (Å²) < 4.78 is 15.4. The van der Waals surface area contributed by atoms with Crippen LogP contribution in [0.1, 0.15) is 41.9 Å². The fourth-order valence-corrected chi connectivity index (χ4v) is 2.25. The van der Waals surface area contributed by atoms with Crippen molar-refractivity contribution >= 4 is 17.8 Å². The van der Waals surface area contributed by atoms with Gasteiger partial charge in [0.05, 0.1) is 12.3 Å². The number of hydrogen-bond acceptors (Lipinski definition) is 6. The number of carbonyl (C=O) groups is 2. The van der Waals surface area contributed by atoms with E-state index in [2.05, 4.69) is 17.4 Å². The number of esters is 1. The molecule has 0 atom stereocenters. The van der Waals surface area contributed by atoms with E-state index >= 15 is 0 Å². The quantitative estimate of drug-likeness (QED) is 0.739. The van der Waals surface area contributed by atoms with E-state index in [0.29, 0.717) is 11.4 Å². The Morgan fingerprint density at radius 2 is 1.92 bits per heavy atom. The van der Waals surface area contributed by atoms with Gasteiger partial charge in [0.1, 0.15) is 11.3 Å². The van der Waals surface area contributed by atoms with E-state index in [1.165, 1.54) is 5.56 Å². The highest BCUT2D eigenvalue weighted by molar-refractivity contribution is 6.00. The fourth-order valence-electron chi connectivity index (χ4n) is 2.25. The topological polar surface area (TPSA) is 90.7 Å². The Hall–Kier alpha value is -2.83. The van der Waals surface area contributed by atoms with Gasteiger partial charge in [-0.25, -0.2) is 4.79 Å². The third kappa shape index (κ3) is 5.07. The van der Waals surface area contributed by atoms with Gasteiger partial charge in [-0.2, -0.15) is 0 Å². The molecule has 0 fully saturated rings. The summed E-state index contributed by atoms with van der Waals surface area (Å²) in [4.78, 5) is 23.9. The van der Waals surface area contributed by atoms with Gasteiger partial charge in [0.2, 0.25) is 5.88 Å². The van der Waals surface area contributed by atoms with Crippen LogP contribution in [0.3, 0.4) is 0 Å². The second-order valence-corrected chi connectivity index (χ2v) is 5.42. The monoisotopic (exact) mass is 346 g/mol. The van der Waals surface area contributed by atoms with Crippen LogP contribution in [-0.4, -0.2) is 30.2 Å². The van der Waals surface area contributed by atoms with Crippen molar-refractivity contribution in [1.82, 2.24) is 5.16 Å². The Morgan fingerprint density at radius 1 is 1.20 bits per heavy atom. The fraction of sp³-hybridized carbons (Fsp3) is 0.389. The van der Waals surface area contributed by atoms with Crippen molar-refractivity contribution in [1.29, 1.82) is 0 Å². The van der Waals surface area contributed by atoms with Crippen molar-refractivity contribution in [3.8, 4) is 5.75 Å². The Morgan fingerprint density at radius 3 is 2.56 bits per heavy atom. The number of benzene rings is 1. The molecule has 1 amide bonds. The van der Waals surface area contributed by atoms with Crippen molar-refractivity contribution in [2.45, 2.75) is 33.6 Å². The molecule has 0 saturated carbocycles. The zero-order chi connectivity index (χ0) is 18.2. The van der Waals surface area contributed by atoms with Crippen LogP contribution < -0.4 is 10.1 Å². The molecule has 25 heavy (non-hydrogen) atoms. The summed E-state index contributed by atoms with van der Waals surface area (Å²) in [5.74, 6) is -0.500. The first-order valence-electron chi connectivity index (χ1n) is 8.20. The number of ether oxygens (including phenoxy) is 2. The maximum atomic E-state index is 12.0. The van der Waals surface area contributed by atoms with Crippen LogP contribution in [0, 0.1) is 6.92 Å². The minimum Gasteiger partial charge on any atom is -0.484 e. The summed E-state index contributed by atoms with van der Waals surface area (Å²) >= 11 is 0. The number of carbonyl (C=O) groups excluding carboxylic acids is 2. The van der Waals surface area contributed by atoms with Crippen molar-refractivity contribution in [2.75, 3.05) is 18.5 Å². The highest BCUT2D eigenvalue weighted by atomic mass is 16.5. The van der Waals surface area contributed by atoms with E-state index in [1.807, 2.05) is 24.3 Å². The van der Waals surface area contributed by atoms with Crippen molar-refractivity contribution < 1.29 is 23.6 Å². The number of nitrogens with one attached hydrogen (secondary N) is 1. The van der Waals surface area contributed by atoms with Crippen LogP contribution >= 0.6 is 0 Å². The van der Waals surface area contributed by atoms with Gasteiger partial charge in [0.25, 0.3) is 5.91 Å². The highest BCUT2D eigenvalue weighted by Crippen LogP contribution is 2.20. The van der Waals surface area contributed by atoms with E-state index in [9.17, 15) is 9.59 Å². The Labute approximate surface area is 146 Å². The third-order valence-corrected chi connectivity index (χ3v) is 3.43. The van der Waals surface area contributed by atoms with Crippen LogP contribution in [-0.2, 0) is 16.0 Å². The lowest BCUT2D eigenvalue weighted by Gasteiger charge is -2.07. The van der Waals surface area contributed by atoms with Gasteiger partial charge in [0.15, 0.2) is 6.61 Å². The van der Waals surface area contributed by atoms with E-state index in [1.54, 1.807) is 13.8 Å². The van der Waals surface area contributed by atoms with Crippen molar-refractivity contribution in [3.05, 3.63) is 41.1 Å². The summed E-state index contributed by atoms with van der Waals surface area (Å²) in [7, 11) is 0. The third-order valence-electron chi connectivity index (χ3n) is 3.43. The minimum atomic E-state index is -0.594. The molecular formula is C18H22N2O5. The summed E-state index contributed by atoms with van der Waals surface area (Å²) in [5.41, 5.74) is 1.68.